The van der Waals surface area contributed by atoms with Crippen LogP contribution in [0.5, 0.6) is 0 Å². The molecule has 1 N–H and O–H groups in total. The van der Waals surface area contributed by atoms with Gasteiger partial charge < -0.3 is 10.2 Å². The summed E-state index contributed by atoms with van der Waals surface area (Å²) in [5.41, 5.74) is 2.74. The van der Waals surface area contributed by atoms with Crippen LogP contribution in [0.4, 0.5) is 0 Å². The third kappa shape index (κ3) is 2.47. The third-order valence-corrected chi connectivity index (χ3v) is 4.88. The Morgan fingerprint density at radius 2 is 2.10 bits per heavy atom. The largest absolute Gasteiger partial charge is 0.337 e. The van der Waals surface area contributed by atoms with Gasteiger partial charge >= 0.3 is 0 Å². The zero-order valence-corrected chi connectivity index (χ0v) is 12.4. The molecule has 3 rings (SSSR count). The highest BCUT2D eigenvalue weighted by molar-refractivity contribution is 5.82. The molecule has 1 fully saturated rings. The lowest BCUT2D eigenvalue weighted by Crippen LogP contribution is -2.49. The first kappa shape index (κ1) is 13.6. The Hall–Kier alpha value is -1.35. The van der Waals surface area contributed by atoms with Gasteiger partial charge in [-0.1, -0.05) is 31.2 Å². The molecule has 1 aromatic carbocycles. The van der Waals surface area contributed by atoms with E-state index in [-0.39, 0.29) is 18.0 Å². The van der Waals surface area contributed by atoms with Crippen LogP contribution in [-0.2, 0) is 11.2 Å². The third-order valence-electron chi connectivity index (χ3n) is 4.88. The molecule has 20 heavy (non-hydrogen) atoms. The minimum absolute atomic E-state index is 0.0107. The highest BCUT2D eigenvalue weighted by atomic mass is 16.2. The summed E-state index contributed by atoms with van der Waals surface area (Å²) in [5, 5.41) is 3.39. The molecule has 0 aromatic heterocycles. The second-order valence-electron chi connectivity index (χ2n) is 6.34. The number of hydrogen-bond acceptors (Lipinski definition) is 2. The topological polar surface area (TPSA) is 32.3 Å². The SMILES string of the molecule is CC1CCNC(C(=O)N(C)C2CCc3ccccc32)C1. The molecule has 0 saturated carbocycles. The van der Waals surface area contributed by atoms with Crippen molar-refractivity contribution in [2.75, 3.05) is 13.6 Å². The van der Waals surface area contributed by atoms with Crippen molar-refractivity contribution < 1.29 is 4.79 Å². The average molecular weight is 272 g/mol. The number of amides is 1. The summed E-state index contributed by atoms with van der Waals surface area (Å²) in [6, 6.07) is 8.81. The van der Waals surface area contributed by atoms with Crippen LogP contribution in [0, 0.1) is 5.92 Å². The second-order valence-corrected chi connectivity index (χ2v) is 6.34. The van der Waals surface area contributed by atoms with Gasteiger partial charge in [0.2, 0.25) is 5.91 Å². The Morgan fingerprint density at radius 3 is 2.90 bits per heavy atom. The summed E-state index contributed by atoms with van der Waals surface area (Å²) in [5.74, 6) is 0.910. The molecule has 1 heterocycles. The van der Waals surface area contributed by atoms with Gasteiger partial charge in [0, 0.05) is 7.05 Å². The Labute approximate surface area is 121 Å². The summed E-state index contributed by atoms with van der Waals surface area (Å²) in [7, 11) is 1.97. The smallest absolute Gasteiger partial charge is 0.239 e. The van der Waals surface area contributed by atoms with Crippen molar-refractivity contribution in [2.45, 2.75) is 44.7 Å². The quantitative estimate of drug-likeness (QED) is 0.897. The lowest BCUT2D eigenvalue weighted by molar-refractivity contribution is -0.135. The minimum atomic E-state index is 0.0107. The number of carbonyl (C=O) groups excluding carboxylic acids is 1. The maximum atomic E-state index is 12.7. The number of aryl methyl sites for hydroxylation is 1. The lowest BCUT2D eigenvalue weighted by atomic mass is 9.93. The molecule has 1 saturated heterocycles. The Bertz CT molecular complexity index is 500. The van der Waals surface area contributed by atoms with Gasteiger partial charge in [-0.25, -0.2) is 0 Å². The Kier molecular flexibility index (Phi) is 3.79. The van der Waals surface area contributed by atoms with E-state index in [4.69, 9.17) is 0 Å². The summed E-state index contributed by atoms with van der Waals surface area (Å²) < 4.78 is 0. The van der Waals surface area contributed by atoms with Gasteiger partial charge in [0.25, 0.3) is 0 Å². The number of hydrogen-bond donors (Lipinski definition) is 1. The van der Waals surface area contributed by atoms with Crippen molar-refractivity contribution in [2.24, 2.45) is 5.92 Å². The number of rotatable bonds is 2. The zero-order chi connectivity index (χ0) is 14.1. The van der Waals surface area contributed by atoms with Crippen LogP contribution in [0.1, 0.15) is 43.4 Å². The van der Waals surface area contributed by atoms with E-state index >= 15 is 0 Å². The van der Waals surface area contributed by atoms with E-state index in [1.54, 1.807) is 0 Å². The molecule has 3 atom stereocenters. The Morgan fingerprint density at radius 1 is 1.30 bits per heavy atom. The molecule has 1 amide bonds. The van der Waals surface area contributed by atoms with Gasteiger partial charge in [0.1, 0.15) is 0 Å². The molecular formula is C17H24N2O. The molecule has 3 nitrogen and oxygen atoms in total. The van der Waals surface area contributed by atoms with E-state index in [9.17, 15) is 4.79 Å². The first-order valence-electron chi connectivity index (χ1n) is 7.74. The maximum Gasteiger partial charge on any atom is 0.239 e. The highest BCUT2D eigenvalue weighted by Gasteiger charge is 2.33. The molecule has 0 spiro atoms. The maximum absolute atomic E-state index is 12.7. The molecule has 1 aromatic rings. The first-order valence-corrected chi connectivity index (χ1v) is 7.74. The van der Waals surface area contributed by atoms with Crippen LogP contribution in [0.15, 0.2) is 24.3 Å². The van der Waals surface area contributed by atoms with E-state index in [0.29, 0.717) is 5.92 Å². The van der Waals surface area contributed by atoms with Crippen molar-refractivity contribution >= 4 is 5.91 Å². The molecule has 0 radical (unpaired) electrons. The van der Waals surface area contributed by atoms with Crippen molar-refractivity contribution in [3.05, 3.63) is 35.4 Å². The van der Waals surface area contributed by atoms with Gasteiger partial charge in [-0.15, -0.1) is 0 Å². The van der Waals surface area contributed by atoms with Gasteiger partial charge in [-0.05, 0) is 49.3 Å². The molecule has 1 aliphatic heterocycles. The number of nitrogens with zero attached hydrogens (tertiary/aromatic N) is 1. The van der Waals surface area contributed by atoms with E-state index in [2.05, 4.69) is 36.5 Å². The van der Waals surface area contributed by atoms with Gasteiger partial charge in [-0.2, -0.15) is 0 Å². The van der Waals surface area contributed by atoms with Crippen LogP contribution in [-0.4, -0.2) is 30.4 Å². The zero-order valence-electron chi connectivity index (χ0n) is 12.4. The van der Waals surface area contributed by atoms with E-state index in [1.165, 1.54) is 17.5 Å². The van der Waals surface area contributed by atoms with Crippen LogP contribution >= 0.6 is 0 Å². The summed E-state index contributed by atoms with van der Waals surface area (Å²) >= 11 is 0. The summed E-state index contributed by atoms with van der Waals surface area (Å²) in [4.78, 5) is 14.7. The van der Waals surface area contributed by atoms with E-state index < -0.39 is 0 Å². The molecule has 1 aliphatic carbocycles. The fourth-order valence-electron chi connectivity index (χ4n) is 3.63. The van der Waals surface area contributed by atoms with Crippen LogP contribution in [0.25, 0.3) is 0 Å². The average Bonchev–Trinajstić information content (AvgIpc) is 2.89. The lowest BCUT2D eigenvalue weighted by Gasteiger charge is -2.33. The summed E-state index contributed by atoms with van der Waals surface area (Å²) in [6.07, 6.45) is 4.30. The second kappa shape index (κ2) is 5.57. The number of piperidine rings is 1. The Balaban J connectivity index is 1.73. The predicted octanol–water partition coefficient (Wildman–Crippen LogP) is 2.52. The monoisotopic (exact) mass is 272 g/mol. The molecule has 0 bridgehead atoms. The predicted molar refractivity (Wildman–Crippen MR) is 80.5 cm³/mol. The fourth-order valence-corrected chi connectivity index (χ4v) is 3.63. The van der Waals surface area contributed by atoms with Crippen LogP contribution in [0.2, 0.25) is 0 Å². The van der Waals surface area contributed by atoms with Crippen LogP contribution in [0.3, 0.4) is 0 Å². The van der Waals surface area contributed by atoms with Crippen molar-refractivity contribution in [1.29, 1.82) is 0 Å². The highest BCUT2D eigenvalue weighted by Crippen LogP contribution is 2.35. The van der Waals surface area contributed by atoms with E-state index in [1.807, 2.05) is 11.9 Å². The summed E-state index contributed by atoms with van der Waals surface area (Å²) in [6.45, 7) is 3.21. The normalized spacial score (nSPS) is 29.0. The molecule has 3 heteroatoms. The number of nitrogens with one attached hydrogen (secondary N) is 1. The number of fused-ring (bicyclic) bond motifs is 1. The van der Waals surface area contributed by atoms with Crippen molar-refractivity contribution in [3.63, 3.8) is 0 Å². The van der Waals surface area contributed by atoms with Gasteiger partial charge in [0.15, 0.2) is 0 Å². The first-order chi connectivity index (χ1) is 9.66. The van der Waals surface area contributed by atoms with Crippen molar-refractivity contribution in [1.82, 2.24) is 10.2 Å². The molecular weight excluding hydrogens is 248 g/mol. The number of likely N-dealkylation sites (N-methyl/N-ethyl adjacent to an activating group) is 1. The van der Waals surface area contributed by atoms with Gasteiger partial charge in [0.05, 0.1) is 12.1 Å². The standard InChI is InChI=1S/C17H24N2O/c1-12-9-10-18-15(11-12)17(20)19(2)16-8-7-13-5-3-4-6-14(13)16/h3-6,12,15-16,18H,7-11H2,1-2H3. The fraction of sp³-hybridized carbons (Fsp3) is 0.588. The van der Waals surface area contributed by atoms with Gasteiger partial charge in [-0.3, -0.25) is 4.79 Å². The number of benzene rings is 1. The van der Waals surface area contributed by atoms with Crippen LogP contribution < -0.4 is 5.32 Å². The molecule has 3 unspecified atom stereocenters. The minimum Gasteiger partial charge on any atom is -0.337 e. The molecule has 108 valence electrons. The number of carbonyl (C=O) groups is 1. The van der Waals surface area contributed by atoms with Crippen molar-refractivity contribution in [3.8, 4) is 0 Å². The molecule has 2 aliphatic rings. The van der Waals surface area contributed by atoms with E-state index in [0.717, 1.165) is 25.8 Å².